The number of anilines is 1. The molecule has 0 bridgehead atoms. The maximum atomic E-state index is 13.9. The van der Waals surface area contributed by atoms with Crippen molar-refractivity contribution in [3.8, 4) is 0 Å². The van der Waals surface area contributed by atoms with E-state index in [4.69, 9.17) is 0 Å². The zero-order valence-electron chi connectivity index (χ0n) is 13.7. The van der Waals surface area contributed by atoms with Crippen LogP contribution in [0, 0.1) is 23.0 Å². The van der Waals surface area contributed by atoms with Gasteiger partial charge in [0.2, 0.25) is 11.8 Å². The van der Waals surface area contributed by atoms with Gasteiger partial charge in [0.15, 0.2) is 0 Å². The molecule has 1 N–H and O–H groups in total. The van der Waals surface area contributed by atoms with E-state index in [2.05, 4.69) is 0 Å². The molecule has 2 aliphatic rings. The highest BCUT2D eigenvalue weighted by atomic mass is 19.1. The number of carbonyl (C=O) groups is 3. The van der Waals surface area contributed by atoms with E-state index in [0.717, 1.165) is 11.0 Å². The minimum absolute atomic E-state index is 0.000501. The Bertz CT molecular complexity index is 754. The van der Waals surface area contributed by atoms with E-state index < -0.39 is 34.8 Å². The number of nitrogens with zero attached hydrogens (tertiary/aromatic N) is 2. The van der Waals surface area contributed by atoms with Gasteiger partial charge in [-0.2, -0.15) is 0 Å². The number of carboxylic acid groups (broad SMARTS) is 1. The van der Waals surface area contributed by atoms with Crippen LogP contribution in [0.15, 0.2) is 18.2 Å². The summed E-state index contributed by atoms with van der Waals surface area (Å²) in [5, 5.41) is 9.25. The van der Waals surface area contributed by atoms with Crippen LogP contribution in [0.25, 0.3) is 0 Å². The van der Waals surface area contributed by atoms with Crippen molar-refractivity contribution in [3.05, 3.63) is 29.8 Å². The van der Waals surface area contributed by atoms with Crippen LogP contribution >= 0.6 is 0 Å². The fraction of sp³-hybridized carbons (Fsp3) is 0.471. The Morgan fingerprint density at radius 3 is 2.64 bits per heavy atom. The van der Waals surface area contributed by atoms with Gasteiger partial charge < -0.3 is 14.9 Å². The molecule has 0 spiro atoms. The third-order valence-electron chi connectivity index (χ3n) is 4.98. The summed E-state index contributed by atoms with van der Waals surface area (Å²) in [4.78, 5) is 38.7. The fourth-order valence-electron chi connectivity index (χ4n) is 3.39. The van der Waals surface area contributed by atoms with E-state index >= 15 is 0 Å². The predicted octanol–water partition coefficient (Wildman–Crippen LogP) is 1.64. The average molecular weight is 352 g/mol. The Kier molecular flexibility index (Phi) is 4.22. The highest BCUT2D eigenvalue weighted by Gasteiger charge is 2.45. The van der Waals surface area contributed by atoms with Crippen molar-refractivity contribution in [1.29, 1.82) is 0 Å². The van der Waals surface area contributed by atoms with Crippen LogP contribution in [0.4, 0.5) is 14.5 Å². The number of benzene rings is 1. The number of likely N-dealkylation sites (tertiary alicyclic amines) is 1. The van der Waals surface area contributed by atoms with Gasteiger partial charge in [-0.1, -0.05) is 0 Å². The topological polar surface area (TPSA) is 77.9 Å². The maximum Gasteiger partial charge on any atom is 0.311 e. The summed E-state index contributed by atoms with van der Waals surface area (Å²) < 4.78 is 26.9. The molecule has 8 heteroatoms. The second-order valence-electron chi connectivity index (χ2n) is 6.88. The van der Waals surface area contributed by atoms with Crippen molar-refractivity contribution in [2.45, 2.75) is 19.8 Å². The summed E-state index contributed by atoms with van der Waals surface area (Å²) >= 11 is 0. The standard InChI is InChI=1S/C17H18F2N2O4/c1-17(16(24)25)4-5-20(9-17)15(23)10-6-14(22)21(8-10)13-3-2-11(18)7-12(13)19/h2-3,7,10H,4-6,8-9H2,1H3,(H,24,25)/t10-,17+/m0/s1. The van der Waals surface area contributed by atoms with E-state index in [9.17, 15) is 28.3 Å². The lowest BCUT2D eigenvalue weighted by molar-refractivity contribution is -0.147. The van der Waals surface area contributed by atoms with Gasteiger partial charge in [0.25, 0.3) is 0 Å². The number of aliphatic carboxylic acids is 1. The van der Waals surface area contributed by atoms with Gasteiger partial charge in [0.1, 0.15) is 11.6 Å². The molecule has 0 aromatic heterocycles. The van der Waals surface area contributed by atoms with Gasteiger partial charge in [-0.15, -0.1) is 0 Å². The summed E-state index contributed by atoms with van der Waals surface area (Å²) in [5.74, 6) is -3.94. The Balaban J connectivity index is 1.72. The van der Waals surface area contributed by atoms with E-state index in [1.54, 1.807) is 6.92 Å². The van der Waals surface area contributed by atoms with E-state index in [1.807, 2.05) is 0 Å². The van der Waals surface area contributed by atoms with Crippen LogP contribution in [0.1, 0.15) is 19.8 Å². The number of hydrogen-bond donors (Lipinski definition) is 1. The number of carbonyl (C=O) groups excluding carboxylic acids is 2. The van der Waals surface area contributed by atoms with Crippen molar-refractivity contribution in [2.75, 3.05) is 24.5 Å². The van der Waals surface area contributed by atoms with E-state index in [1.165, 1.54) is 11.0 Å². The molecule has 1 aromatic rings. The van der Waals surface area contributed by atoms with Crippen LogP contribution in [0.2, 0.25) is 0 Å². The third-order valence-corrected chi connectivity index (χ3v) is 4.98. The highest BCUT2D eigenvalue weighted by Crippen LogP contribution is 2.34. The lowest BCUT2D eigenvalue weighted by Crippen LogP contribution is -2.39. The lowest BCUT2D eigenvalue weighted by Gasteiger charge is -2.23. The molecule has 0 unspecified atom stereocenters. The van der Waals surface area contributed by atoms with Crippen LogP contribution in [-0.4, -0.2) is 47.4 Å². The Morgan fingerprint density at radius 2 is 2.04 bits per heavy atom. The van der Waals surface area contributed by atoms with Gasteiger partial charge in [0.05, 0.1) is 17.0 Å². The van der Waals surface area contributed by atoms with E-state index in [0.29, 0.717) is 19.0 Å². The number of rotatable bonds is 3. The first-order valence-corrected chi connectivity index (χ1v) is 7.99. The third kappa shape index (κ3) is 3.08. The molecule has 2 heterocycles. The molecule has 0 radical (unpaired) electrons. The largest absolute Gasteiger partial charge is 0.481 e. The molecular weight excluding hydrogens is 334 g/mol. The fourth-order valence-corrected chi connectivity index (χ4v) is 3.39. The number of halogens is 2. The molecule has 6 nitrogen and oxygen atoms in total. The zero-order chi connectivity index (χ0) is 18.4. The Morgan fingerprint density at radius 1 is 1.32 bits per heavy atom. The first kappa shape index (κ1) is 17.3. The Hall–Kier alpha value is -2.51. The smallest absolute Gasteiger partial charge is 0.311 e. The Labute approximate surface area is 143 Å². The molecule has 1 aromatic carbocycles. The molecule has 2 fully saturated rings. The van der Waals surface area contributed by atoms with Crippen LogP contribution in [0.5, 0.6) is 0 Å². The predicted molar refractivity (Wildman–Crippen MR) is 83.8 cm³/mol. The molecule has 134 valence electrons. The molecule has 2 aliphatic heterocycles. The molecule has 3 rings (SSSR count). The second-order valence-corrected chi connectivity index (χ2v) is 6.88. The first-order valence-electron chi connectivity index (χ1n) is 7.99. The molecule has 2 amide bonds. The average Bonchev–Trinajstić information content (AvgIpc) is 3.11. The van der Waals surface area contributed by atoms with Gasteiger partial charge in [-0.25, -0.2) is 8.78 Å². The summed E-state index contributed by atoms with van der Waals surface area (Å²) in [6.45, 7) is 2.00. The molecule has 0 aliphatic carbocycles. The minimum Gasteiger partial charge on any atom is -0.481 e. The minimum atomic E-state index is -0.985. The van der Waals surface area contributed by atoms with Crippen molar-refractivity contribution in [3.63, 3.8) is 0 Å². The maximum absolute atomic E-state index is 13.9. The number of carboxylic acids is 1. The summed E-state index contributed by atoms with van der Waals surface area (Å²) in [7, 11) is 0. The summed E-state index contributed by atoms with van der Waals surface area (Å²) in [5.41, 5.74) is -1.04. The monoisotopic (exact) mass is 352 g/mol. The van der Waals surface area contributed by atoms with Gasteiger partial charge in [-0.3, -0.25) is 14.4 Å². The van der Waals surface area contributed by atoms with Gasteiger partial charge in [0, 0.05) is 32.1 Å². The second kappa shape index (κ2) is 6.09. The zero-order valence-corrected chi connectivity index (χ0v) is 13.7. The van der Waals surface area contributed by atoms with E-state index in [-0.39, 0.29) is 31.1 Å². The molecule has 0 saturated carbocycles. The highest BCUT2D eigenvalue weighted by molar-refractivity contribution is 6.00. The summed E-state index contributed by atoms with van der Waals surface area (Å²) in [6.07, 6.45) is 0.279. The van der Waals surface area contributed by atoms with Crippen molar-refractivity contribution >= 4 is 23.5 Å². The van der Waals surface area contributed by atoms with Crippen LogP contribution in [0.3, 0.4) is 0 Å². The quantitative estimate of drug-likeness (QED) is 0.897. The molecule has 2 saturated heterocycles. The normalized spacial score (nSPS) is 26.4. The SMILES string of the molecule is C[C@@]1(C(=O)O)CCN(C(=O)[C@H]2CC(=O)N(c3ccc(F)cc3F)C2)C1. The lowest BCUT2D eigenvalue weighted by atomic mass is 9.90. The van der Waals surface area contributed by atoms with Crippen molar-refractivity contribution in [2.24, 2.45) is 11.3 Å². The molecular formula is C17H18F2N2O4. The van der Waals surface area contributed by atoms with Crippen LogP contribution < -0.4 is 4.90 Å². The van der Waals surface area contributed by atoms with Crippen molar-refractivity contribution < 1.29 is 28.3 Å². The van der Waals surface area contributed by atoms with Crippen molar-refractivity contribution in [1.82, 2.24) is 4.90 Å². The van der Waals surface area contributed by atoms with Crippen LogP contribution in [-0.2, 0) is 14.4 Å². The summed E-state index contributed by atoms with van der Waals surface area (Å²) in [6, 6.07) is 2.92. The van der Waals surface area contributed by atoms with Gasteiger partial charge in [-0.05, 0) is 25.5 Å². The molecule has 25 heavy (non-hydrogen) atoms. The molecule has 2 atom stereocenters. The number of amides is 2. The first-order chi connectivity index (χ1) is 11.7. The van der Waals surface area contributed by atoms with Gasteiger partial charge >= 0.3 is 5.97 Å². The number of hydrogen-bond acceptors (Lipinski definition) is 3.